The maximum Gasteiger partial charge on any atom is 0.224 e. The van der Waals surface area contributed by atoms with E-state index in [0.29, 0.717) is 35.7 Å². The predicted molar refractivity (Wildman–Crippen MR) is 181 cm³/mol. The average molecular weight is 642 g/mol. The molecule has 1 fully saturated rings. The summed E-state index contributed by atoms with van der Waals surface area (Å²) in [5.41, 5.74) is 10.2. The van der Waals surface area contributed by atoms with Gasteiger partial charge in [-0.05, 0) is 53.9 Å². The first-order valence-electron chi connectivity index (χ1n) is 15.2. The molecule has 0 spiro atoms. The highest BCUT2D eigenvalue weighted by Crippen LogP contribution is 2.40. The molecule has 0 aromatic heterocycles. The SMILES string of the molecule is COc1ccccc1SC[C@@H]1C[C@H](c2ccc(CO)cc2)O[C@H](c2cccc(NC(=O)CCCC(=O)Nc3ccccc3N)c2)O1. The number of ether oxygens (including phenoxy) is 3. The number of para-hydroxylation sites is 3. The third-order valence-electron chi connectivity index (χ3n) is 7.59. The van der Waals surface area contributed by atoms with Gasteiger partial charge in [-0.2, -0.15) is 0 Å². The van der Waals surface area contributed by atoms with E-state index in [2.05, 4.69) is 10.6 Å². The molecule has 46 heavy (non-hydrogen) atoms. The van der Waals surface area contributed by atoms with Crippen molar-refractivity contribution in [3.8, 4) is 5.75 Å². The number of rotatable bonds is 13. The maximum absolute atomic E-state index is 12.8. The Morgan fingerprint density at radius 1 is 0.891 bits per heavy atom. The van der Waals surface area contributed by atoms with Crippen molar-refractivity contribution in [3.63, 3.8) is 0 Å². The lowest BCUT2D eigenvalue weighted by Gasteiger charge is -2.36. The van der Waals surface area contributed by atoms with Crippen LogP contribution in [0.4, 0.5) is 17.1 Å². The number of nitrogens with two attached hydrogens (primary N) is 1. The second-order valence-electron chi connectivity index (χ2n) is 11.0. The van der Waals surface area contributed by atoms with Crippen LogP contribution in [-0.2, 0) is 25.7 Å². The second-order valence-corrected chi connectivity index (χ2v) is 12.0. The van der Waals surface area contributed by atoms with Crippen LogP contribution in [0.25, 0.3) is 0 Å². The first-order chi connectivity index (χ1) is 22.4. The first kappa shape index (κ1) is 33.0. The van der Waals surface area contributed by atoms with Crippen molar-refractivity contribution in [3.05, 3.63) is 114 Å². The summed E-state index contributed by atoms with van der Waals surface area (Å²) in [6.07, 6.45) is 0.398. The molecule has 0 aliphatic carbocycles. The molecule has 240 valence electrons. The number of benzene rings is 4. The maximum atomic E-state index is 12.8. The molecule has 3 atom stereocenters. The number of nitrogen functional groups attached to an aromatic ring is 1. The molecule has 0 radical (unpaired) electrons. The number of aliphatic hydroxyl groups excluding tert-OH is 1. The van der Waals surface area contributed by atoms with Crippen LogP contribution < -0.4 is 21.1 Å². The third kappa shape index (κ3) is 9.11. The number of thioether (sulfide) groups is 1. The summed E-state index contributed by atoms with van der Waals surface area (Å²) in [6, 6.07) is 30.2. The molecular weight excluding hydrogens is 602 g/mol. The smallest absolute Gasteiger partial charge is 0.224 e. The number of carbonyl (C=O) groups excluding carboxylic acids is 2. The van der Waals surface area contributed by atoms with Gasteiger partial charge in [-0.15, -0.1) is 11.8 Å². The Kier molecular flexibility index (Phi) is 11.7. The molecule has 1 aliphatic rings. The van der Waals surface area contributed by atoms with E-state index in [0.717, 1.165) is 27.3 Å². The zero-order valence-corrected chi connectivity index (χ0v) is 26.5. The van der Waals surface area contributed by atoms with Crippen LogP contribution in [0.15, 0.2) is 102 Å². The number of hydrogen-bond acceptors (Lipinski definition) is 8. The van der Waals surface area contributed by atoms with Gasteiger partial charge in [0, 0.05) is 41.2 Å². The molecule has 4 aromatic carbocycles. The van der Waals surface area contributed by atoms with Crippen LogP contribution >= 0.6 is 11.8 Å². The van der Waals surface area contributed by atoms with Gasteiger partial charge in [-0.1, -0.05) is 60.7 Å². The Balaban J connectivity index is 1.22. The quantitative estimate of drug-likeness (QED) is 0.0920. The molecule has 0 bridgehead atoms. The van der Waals surface area contributed by atoms with E-state index in [-0.39, 0.29) is 43.5 Å². The lowest BCUT2D eigenvalue weighted by atomic mass is 10.0. The molecule has 1 saturated heterocycles. The summed E-state index contributed by atoms with van der Waals surface area (Å²) in [4.78, 5) is 26.1. The van der Waals surface area contributed by atoms with Gasteiger partial charge in [-0.3, -0.25) is 9.59 Å². The largest absolute Gasteiger partial charge is 0.496 e. The van der Waals surface area contributed by atoms with Crippen LogP contribution in [0.5, 0.6) is 5.75 Å². The van der Waals surface area contributed by atoms with E-state index in [9.17, 15) is 14.7 Å². The zero-order chi connectivity index (χ0) is 32.3. The zero-order valence-electron chi connectivity index (χ0n) is 25.7. The summed E-state index contributed by atoms with van der Waals surface area (Å²) < 4.78 is 18.5. The van der Waals surface area contributed by atoms with Gasteiger partial charge in [-0.25, -0.2) is 0 Å². The summed E-state index contributed by atoms with van der Waals surface area (Å²) >= 11 is 1.67. The molecule has 4 aromatic rings. The normalized spacial score (nSPS) is 17.7. The lowest BCUT2D eigenvalue weighted by molar-refractivity contribution is -0.245. The van der Waals surface area contributed by atoms with Gasteiger partial charge in [0.1, 0.15) is 5.75 Å². The van der Waals surface area contributed by atoms with Crippen LogP contribution in [0, 0.1) is 0 Å². The van der Waals surface area contributed by atoms with Crippen molar-refractivity contribution in [1.82, 2.24) is 0 Å². The fourth-order valence-electron chi connectivity index (χ4n) is 5.16. The predicted octanol–water partition coefficient (Wildman–Crippen LogP) is 6.85. The van der Waals surface area contributed by atoms with Gasteiger partial charge in [0.15, 0.2) is 6.29 Å². The molecule has 5 rings (SSSR count). The summed E-state index contributed by atoms with van der Waals surface area (Å²) in [7, 11) is 1.66. The fourth-order valence-corrected chi connectivity index (χ4v) is 6.21. The number of aliphatic hydroxyl groups is 1. The molecule has 10 heteroatoms. The van der Waals surface area contributed by atoms with Crippen molar-refractivity contribution in [1.29, 1.82) is 0 Å². The molecule has 9 nitrogen and oxygen atoms in total. The topological polar surface area (TPSA) is 132 Å². The lowest BCUT2D eigenvalue weighted by Crippen LogP contribution is -2.31. The minimum absolute atomic E-state index is 0.0236. The molecule has 5 N–H and O–H groups in total. The Morgan fingerprint density at radius 3 is 2.39 bits per heavy atom. The van der Waals surface area contributed by atoms with E-state index in [1.54, 1.807) is 43.1 Å². The molecular formula is C36H39N3O6S. The van der Waals surface area contributed by atoms with Crippen LogP contribution in [0.3, 0.4) is 0 Å². The molecule has 1 aliphatic heterocycles. The van der Waals surface area contributed by atoms with Gasteiger partial charge < -0.3 is 35.7 Å². The number of anilines is 3. The number of hydrogen-bond donors (Lipinski definition) is 4. The Hall–Kier alpha value is -4.35. The van der Waals surface area contributed by atoms with Gasteiger partial charge in [0.05, 0.1) is 37.3 Å². The molecule has 2 amide bonds. The highest BCUT2D eigenvalue weighted by Gasteiger charge is 2.32. The highest BCUT2D eigenvalue weighted by molar-refractivity contribution is 7.99. The van der Waals surface area contributed by atoms with E-state index >= 15 is 0 Å². The van der Waals surface area contributed by atoms with Gasteiger partial charge in [0.25, 0.3) is 0 Å². The Bertz CT molecular complexity index is 1620. The average Bonchev–Trinajstić information content (AvgIpc) is 3.08. The number of amides is 2. The van der Waals surface area contributed by atoms with Crippen molar-refractivity contribution in [2.75, 3.05) is 29.2 Å². The van der Waals surface area contributed by atoms with Gasteiger partial charge in [0.2, 0.25) is 11.8 Å². The van der Waals surface area contributed by atoms with E-state index < -0.39 is 6.29 Å². The van der Waals surface area contributed by atoms with Crippen LogP contribution in [-0.4, -0.2) is 35.9 Å². The van der Waals surface area contributed by atoms with E-state index in [4.69, 9.17) is 19.9 Å². The number of carbonyl (C=O) groups is 2. The van der Waals surface area contributed by atoms with Crippen LogP contribution in [0.2, 0.25) is 0 Å². The van der Waals surface area contributed by atoms with Crippen molar-refractivity contribution in [2.24, 2.45) is 0 Å². The van der Waals surface area contributed by atoms with Crippen molar-refractivity contribution >= 4 is 40.6 Å². The van der Waals surface area contributed by atoms with Crippen molar-refractivity contribution < 1.29 is 28.9 Å². The number of nitrogens with one attached hydrogen (secondary N) is 2. The molecule has 1 heterocycles. The molecule has 0 saturated carbocycles. The van der Waals surface area contributed by atoms with E-state index in [1.165, 1.54) is 0 Å². The summed E-state index contributed by atoms with van der Waals surface area (Å²) in [6.45, 7) is -0.0236. The fraction of sp³-hybridized carbons (Fsp3) is 0.278. The Morgan fingerprint density at radius 2 is 1.63 bits per heavy atom. The second kappa shape index (κ2) is 16.3. The van der Waals surface area contributed by atoms with Crippen LogP contribution in [0.1, 0.15) is 54.8 Å². The summed E-state index contributed by atoms with van der Waals surface area (Å²) in [5, 5.41) is 15.2. The number of methoxy groups -OCH3 is 1. The van der Waals surface area contributed by atoms with E-state index in [1.807, 2.05) is 72.8 Å². The summed E-state index contributed by atoms with van der Waals surface area (Å²) in [5.74, 6) is 1.12. The molecule has 0 unspecified atom stereocenters. The standard InChI is InChI=1S/C36H39N3O6S/c1-43-31-12-4-5-13-33(31)46-23-28-21-32(25-18-16-24(22-40)17-19-25)45-36(44-28)26-8-6-9-27(20-26)38-34(41)14-7-15-35(42)39-30-11-3-2-10-29(30)37/h2-6,8-13,16-20,28,32,36,40H,7,14-15,21-23,37H2,1H3,(H,38,41)(H,39,42)/t28-,32+,36+/m0/s1. The minimum atomic E-state index is -0.662. The van der Waals surface area contributed by atoms with Crippen molar-refractivity contribution in [2.45, 2.75) is 55.7 Å². The van der Waals surface area contributed by atoms with Gasteiger partial charge >= 0.3 is 0 Å². The Labute approximate surface area is 273 Å². The monoisotopic (exact) mass is 641 g/mol. The first-order valence-corrected chi connectivity index (χ1v) is 16.2. The highest BCUT2D eigenvalue weighted by atomic mass is 32.2. The third-order valence-corrected chi connectivity index (χ3v) is 8.78. The minimum Gasteiger partial charge on any atom is -0.496 e.